The fourth-order valence-electron chi connectivity index (χ4n) is 2.15. The molecule has 1 aliphatic rings. The lowest BCUT2D eigenvalue weighted by Gasteiger charge is -2.15. The van der Waals surface area contributed by atoms with Crippen molar-refractivity contribution >= 4 is 11.3 Å². The van der Waals surface area contributed by atoms with Gasteiger partial charge in [-0.2, -0.15) is 0 Å². The summed E-state index contributed by atoms with van der Waals surface area (Å²) in [6.07, 6.45) is 2.28. The molecule has 4 heteroatoms. The lowest BCUT2D eigenvalue weighted by atomic mass is 9.94. The first-order valence-corrected chi connectivity index (χ1v) is 5.85. The number of rotatable bonds is 2. The highest BCUT2D eigenvalue weighted by Gasteiger charge is 2.32. The Bertz CT molecular complexity index is 313. The highest BCUT2D eigenvalue weighted by Crippen LogP contribution is 2.39. The first-order chi connectivity index (χ1) is 6.72. The van der Waals surface area contributed by atoms with Gasteiger partial charge in [0, 0.05) is 17.3 Å². The van der Waals surface area contributed by atoms with Gasteiger partial charge in [0.2, 0.25) is 0 Å². The smallest absolute Gasteiger partial charge is 0.273 e. The Morgan fingerprint density at radius 1 is 1.57 bits per heavy atom. The zero-order chi connectivity index (χ0) is 10.1. The summed E-state index contributed by atoms with van der Waals surface area (Å²) in [6.45, 7) is 2.22. The second kappa shape index (κ2) is 3.87. The number of hydrogen-bond acceptors (Lipinski definition) is 4. The van der Waals surface area contributed by atoms with E-state index in [1.54, 1.807) is 18.4 Å². The standard InChI is InChI=1S/C10H16N2OS/c1-6-7(3-4-8(6)11)9-5-14-10(12-9)13-2/h5-8H,3-4,11H2,1-2H3. The predicted octanol–water partition coefficient (Wildman–Crippen LogP) is 1.99. The second-order valence-corrected chi connectivity index (χ2v) is 4.77. The van der Waals surface area contributed by atoms with E-state index >= 15 is 0 Å². The molecule has 1 aromatic rings. The number of methoxy groups -OCH3 is 1. The molecular weight excluding hydrogens is 196 g/mol. The molecule has 1 saturated carbocycles. The van der Waals surface area contributed by atoms with Crippen molar-refractivity contribution in [2.75, 3.05) is 7.11 Å². The van der Waals surface area contributed by atoms with Crippen molar-refractivity contribution in [1.82, 2.24) is 4.98 Å². The SMILES string of the molecule is COc1nc(C2CCC(N)C2C)cs1. The largest absolute Gasteiger partial charge is 0.473 e. The molecule has 1 aromatic heterocycles. The summed E-state index contributed by atoms with van der Waals surface area (Å²) in [5.74, 6) is 1.08. The van der Waals surface area contributed by atoms with Crippen LogP contribution in [-0.4, -0.2) is 18.1 Å². The molecule has 0 bridgehead atoms. The molecule has 1 fully saturated rings. The quantitative estimate of drug-likeness (QED) is 0.815. The summed E-state index contributed by atoms with van der Waals surface area (Å²) in [6, 6.07) is 0.340. The topological polar surface area (TPSA) is 48.1 Å². The molecule has 1 aliphatic carbocycles. The average Bonchev–Trinajstić information content (AvgIpc) is 2.75. The molecule has 0 aliphatic heterocycles. The van der Waals surface area contributed by atoms with E-state index in [2.05, 4.69) is 17.3 Å². The van der Waals surface area contributed by atoms with Crippen LogP contribution >= 0.6 is 11.3 Å². The summed E-state index contributed by atoms with van der Waals surface area (Å²) in [5.41, 5.74) is 7.15. The van der Waals surface area contributed by atoms with Gasteiger partial charge in [-0.05, 0) is 18.8 Å². The lowest BCUT2D eigenvalue weighted by Crippen LogP contribution is -2.24. The molecule has 3 nitrogen and oxygen atoms in total. The normalized spacial score (nSPS) is 32.1. The molecule has 0 saturated heterocycles. The van der Waals surface area contributed by atoms with Crippen molar-refractivity contribution in [2.24, 2.45) is 11.7 Å². The molecule has 0 aromatic carbocycles. The van der Waals surface area contributed by atoms with Crippen LogP contribution in [0.3, 0.4) is 0 Å². The van der Waals surface area contributed by atoms with Crippen LogP contribution in [0.2, 0.25) is 0 Å². The highest BCUT2D eigenvalue weighted by molar-refractivity contribution is 7.11. The third-order valence-corrected chi connectivity index (χ3v) is 4.00. The van der Waals surface area contributed by atoms with Gasteiger partial charge in [0.1, 0.15) is 0 Å². The highest BCUT2D eigenvalue weighted by atomic mass is 32.1. The summed E-state index contributed by atoms with van der Waals surface area (Å²) in [7, 11) is 1.66. The summed E-state index contributed by atoms with van der Waals surface area (Å²) in [4.78, 5) is 4.44. The van der Waals surface area contributed by atoms with Crippen molar-refractivity contribution in [2.45, 2.75) is 31.7 Å². The van der Waals surface area contributed by atoms with Crippen LogP contribution in [0.25, 0.3) is 0 Å². The van der Waals surface area contributed by atoms with Crippen LogP contribution in [0.5, 0.6) is 5.19 Å². The monoisotopic (exact) mass is 212 g/mol. The Morgan fingerprint density at radius 3 is 2.86 bits per heavy atom. The second-order valence-electron chi connectivity index (χ2n) is 3.95. The van der Waals surface area contributed by atoms with Gasteiger partial charge < -0.3 is 10.5 Å². The number of thiazole rings is 1. The van der Waals surface area contributed by atoms with E-state index in [0.29, 0.717) is 17.9 Å². The van der Waals surface area contributed by atoms with E-state index in [1.165, 1.54) is 0 Å². The molecule has 2 N–H and O–H groups in total. The maximum Gasteiger partial charge on any atom is 0.273 e. The number of nitrogens with zero attached hydrogens (tertiary/aromatic N) is 1. The molecular formula is C10H16N2OS. The Morgan fingerprint density at radius 2 is 2.36 bits per heavy atom. The van der Waals surface area contributed by atoms with E-state index in [0.717, 1.165) is 23.7 Å². The van der Waals surface area contributed by atoms with Crippen LogP contribution < -0.4 is 10.5 Å². The summed E-state index contributed by atoms with van der Waals surface area (Å²) >= 11 is 1.57. The van der Waals surface area contributed by atoms with Crippen LogP contribution in [0.4, 0.5) is 0 Å². The number of aromatic nitrogens is 1. The maximum atomic E-state index is 5.99. The molecule has 14 heavy (non-hydrogen) atoms. The van der Waals surface area contributed by atoms with Crippen molar-refractivity contribution < 1.29 is 4.74 Å². The van der Waals surface area contributed by atoms with Gasteiger partial charge in [-0.1, -0.05) is 18.3 Å². The van der Waals surface area contributed by atoms with Gasteiger partial charge in [-0.25, -0.2) is 4.98 Å². The Labute approximate surface area is 88.3 Å². The van der Waals surface area contributed by atoms with Crippen LogP contribution in [-0.2, 0) is 0 Å². The fraction of sp³-hybridized carbons (Fsp3) is 0.700. The van der Waals surface area contributed by atoms with Gasteiger partial charge in [0.05, 0.1) is 12.8 Å². The first kappa shape index (κ1) is 9.93. The summed E-state index contributed by atoms with van der Waals surface area (Å²) < 4.78 is 5.09. The molecule has 2 rings (SSSR count). The van der Waals surface area contributed by atoms with E-state index < -0.39 is 0 Å². The average molecular weight is 212 g/mol. The molecule has 3 unspecified atom stereocenters. The van der Waals surface area contributed by atoms with E-state index in [1.807, 2.05) is 0 Å². The molecule has 3 atom stereocenters. The predicted molar refractivity (Wildman–Crippen MR) is 57.8 cm³/mol. The van der Waals surface area contributed by atoms with Gasteiger partial charge in [-0.15, -0.1) is 0 Å². The van der Waals surface area contributed by atoms with Crippen molar-refractivity contribution in [3.05, 3.63) is 11.1 Å². The van der Waals surface area contributed by atoms with Crippen molar-refractivity contribution in [3.8, 4) is 5.19 Å². The van der Waals surface area contributed by atoms with E-state index in [9.17, 15) is 0 Å². The number of nitrogens with two attached hydrogens (primary N) is 1. The Balaban J connectivity index is 2.15. The van der Waals surface area contributed by atoms with Gasteiger partial charge in [0.25, 0.3) is 5.19 Å². The molecule has 0 spiro atoms. The zero-order valence-electron chi connectivity index (χ0n) is 8.56. The molecule has 0 radical (unpaired) electrons. The van der Waals surface area contributed by atoms with Crippen LogP contribution in [0, 0.1) is 5.92 Å². The lowest BCUT2D eigenvalue weighted by molar-refractivity contribution is 0.406. The van der Waals surface area contributed by atoms with E-state index in [4.69, 9.17) is 10.5 Å². The van der Waals surface area contributed by atoms with Crippen LogP contribution in [0.15, 0.2) is 5.38 Å². The van der Waals surface area contributed by atoms with E-state index in [-0.39, 0.29) is 0 Å². The van der Waals surface area contributed by atoms with Crippen molar-refractivity contribution in [1.29, 1.82) is 0 Å². The third-order valence-electron chi connectivity index (χ3n) is 3.18. The minimum atomic E-state index is 0.340. The zero-order valence-corrected chi connectivity index (χ0v) is 9.38. The van der Waals surface area contributed by atoms with Crippen LogP contribution in [0.1, 0.15) is 31.4 Å². The molecule has 78 valence electrons. The summed E-state index contributed by atoms with van der Waals surface area (Å²) in [5, 5.41) is 2.85. The third kappa shape index (κ3) is 1.64. The Hall–Kier alpha value is -0.610. The van der Waals surface area contributed by atoms with Gasteiger partial charge >= 0.3 is 0 Å². The minimum absolute atomic E-state index is 0.340. The number of ether oxygens (including phenoxy) is 1. The molecule has 1 heterocycles. The van der Waals surface area contributed by atoms with Gasteiger partial charge in [-0.3, -0.25) is 0 Å². The minimum Gasteiger partial charge on any atom is -0.473 e. The van der Waals surface area contributed by atoms with Gasteiger partial charge in [0.15, 0.2) is 0 Å². The Kier molecular flexibility index (Phi) is 2.74. The number of hydrogen-bond donors (Lipinski definition) is 1. The van der Waals surface area contributed by atoms with Crippen molar-refractivity contribution in [3.63, 3.8) is 0 Å². The molecule has 0 amide bonds. The first-order valence-electron chi connectivity index (χ1n) is 4.97. The maximum absolute atomic E-state index is 5.99. The fourth-order valence-corrected chi connectivity index (χ4v) is 2.85.